The lowest BCUT2D eigenvalue weighted by molar-refractivity contribution is 0.305. The van der Waals surface area contributed by atoms with Crippen molar-refractivity contribution < 1.29 is 9.47 Å². The summed E-state index contributed by atoms with van der Waals surface area (Å²) in [5.74, 6) is 2.31. The van der Waals surface area contributed by atoms with Gasteiger partial charge in [0, 0.05) is 6.54 Å². The van der Waals surface area contributed by atoms with Crippen LogP contribution in [0.3, 0.4) is 0 Å². The van der Waals surface area contributed by atoms with Gasteiger partial charge in [0.15, 0.2) is 11.6 Å². The van der Waals surface area contributed by atoms with Crippen molar-refractivity contribution in [3.8, 4) is 23.0 Å². The number of hydrogen-bond acceptors (Lipinski definition) is 5. The summed E-state index contributed by atoms with van der Waals surface area (Å²) in [4.78, 5) is 0. The summed E-state index contributed by atoms with van der Waals surface area (Å²) >= 11 is 0. The highest BCUT2D eigenvalue weighted by Crippen LogP contribution is 2.33. The number of rotatable bonds is 8. The van der Waals surface area contributed by atoms with Crippen molar-refractivity contribution in [1.82, 2.24) is 24.5 Å². The van der Waals surface area contributed by atoms with Crippen LogP contribution in [0.1, 0.15) is 23.7 Å². The highest BCUT2D eigenvalue weighted by molar-refractivity contribution is 5.62. The summed E-state index contributed by atoms with van der Waals surface area (Å²) in [6.07, 6.45) is 1.74. The second-order valence-electron chi connectivity index (χ2n) is 6.98. The van der Waals surface area contributed by atoms with Crippen molar-refractivity contribution in [3.63, 3.8) is 0 Å². The van der Waals surface area contributed by atoms with Crippen LogP contribution in [0.4, 0.5) is 0 Å². The minimum atomic E-state index is 0.469. The summed E-state index contributed by atoms with van der Waals surface area (Å²) in [5.41, 5.74) is 3.91. The molecule has 7 heteroatoms. The largest absolute Gasteiger partial charge is 0.497 e. The fourth-order valence-corrected chi connectivity index (χ4v) is 3.40. The van der Waals surface area contributed by atoms with E-state index in [0.29, 0.717) is 19.7 Å². The third-order valence-corrected chi connectivity index (χ3v) is 4.94. The maximum atomic E-state index is 6.21. The molecular formula is C23H25N5O2. The minimum absolute atomic E-state index is 0.469. The molecule has 0 amide bonds. The van der Waals surface area contributed by atoms with Crippen molar-refractivity contribution in [2.75, 3.05) is 7.11 Å². The van der Waals surface area contributed by atoms with E-state index >= 15 is 0 Å². The van der Waals surface area contributed by atoms with E-state index in [1.165, 1.54) is 0 Å². The normalized spacial score (nSPS) is 10.9. The van der Waals surface area contributed by atoms with Gasteiger partial charge in [-0.1, -0.05) is 42.5 Å². The Kier molecular flexibility index (Phi) is 5.79. The van der Waals surface area contributed by atoms with Gasteiger partial charge in [-0.3, -0.25) is 4.68 Å². The van der Waals surface area contributed by atoms with Crippen molar-refractivity contribution >= 4 is 0 Å². The Morgan fingerprint density at radius 2 is 1.73 bits per heavy atom. The molecule has 4 aromatic rings. The molecule has 2 heterocycles. The fourth-order valence-electron chi connectivity index (χ4n) is 3.40. The lowest BCUT2D eigenvalue weighted by Crippen LogP contribution is -2.07. The van der Waals surface area contributed by atoms with Gasteiger partial charge in [-0.2, -0.15) is 5.10 Å². The summed E-state index contributed by atoms with van der Waals surface area (Å²) in [7, 11) is 1.66. The Labute approximate surface area is 175 Å². The third-order valence-electron chi connectivity index (χ3n) is 4.94. The molecule has 4 rings (SSSR count). The zero-order chi connectivity index (χ0) is 20.9. The van der Waals surface area contributed by atoms with Crippen molar-refractivity contribution in [1.29, 1.82) is 0 Å². The van der Waals surface area contributed by atoms with Gasteiger partial charge in [-0.05, 0) is 37.1 Å². The quantitative estimate of drug-likeness (QED) is 0.443. The summed E-state index contributed by atoms with van der Waals surface area (Å²) < 4.78 is 15.4. The van der Waals surface area contributed by atoms with Crippen molar-refractivity contribution in [2.45, 2.75) is 33.5 Å². The van der Waals surface area contributed by atoms with Gasteiger partial charge in [0.2, 0.25) is 0 Å². The van der Waals surface area contributed by atoms with Crippen LogP contribution in [-0.4, -0.2) is 31.7 Å². The average molecular weight is 403 g/mol. The zero-order valence-corrected chi connectivity index (χ0v) is 17.4. The summed E-state index contributed by atoms with van der Waals surface area (Å²) in [6, 6.07) is 18.1. The van der Waals surface area contributed by atoms with Crippen LogP contribution in [0.15, 0.2) is 60.9 Å². The Bertz CT molecular complexity index is 1100. The average Bonchev–Trinajstić information content (AvgIpc) is 3.36. The van der Waals surface area contributed by atoms with Gasteiger partial charge in [0.1, 0.15) is 30.1 Å². The predicted octanol–water partition coefficient (Wildman–Crippen LogP) is 4.11. The number of aromatic nitrogens is 5. The predicted molar refractivity (Wildman–Crippen MR) is 115 cm³/mol. The molecule has 2 aromatic carbocycles. The molecule has 2 aromatic heterocycles. The van der Waals surface area contributed by atoms with E-state index in [2.05, 4.69) is 22.2 Å². The molecule has 0 aliphatic heterocycles. The number of nitrogens with zero attached hydrogens (tertiary/aromatic N) is 5. The molecule has 0 atom stereocenters. The van der Waals surface area contributed by atoms with Crippen LogP contribution in [0.25, 0.3) is 11.5 Å². The topological polar surface area (TPSA) is 67.0 Å². The van der Waals surface area contributed by atoms with Gasteiger partial charge in [-0.15, -0.1) is 10.2 Å². The Morgan fingerprint density at radius 3 is 2.43 bits per heavy atom. The Morgan fingerprint density at radius 1 is 0.967 bits per heavy atom. The molecule has 0 spiro atoms. The second kappa shape index (κ2) is 8.82. The molecule has 0 fully saturated rings. The fraction of sp³-hybridized carbons (Fsp3) is 0.261. The molecule has 0 radical (unpaired) electrons. The number of benzene rings is 2. The van der Waals surface area contributed by atoms with E-state index < -0.39 is 0 Å². The van der Waals surface area contributed by atoms with Gasteiger partial charge in [0.05, 0.1) is 13.7 Å². The highest BCUT2D eigenvalue weighted by Gasteiger charge is 2.22. The second-order valence-corrected chi connectivity index (χ2v) is 6.98. The zero-order valence-electron chi connectivity index (χ0n) is 17.4. The number of ether oxygens (including phenoxy) is 2. The minimum Gasteiger partial charge on any atom is -0.497 e. The SMILES string of the molecule is CCn1nc(C)c(OCc2ccccc2)c1-c1nncn1Cc1ccc(OC)cc1. The number of methoxy groups -OCH3 is 1. The third kappa shape index (κ3) is 4.05. The maximum Gasteiger partial charge on any atom is 0.186 e. The lowest BCUT2D eigenvalue weighted by atomic mass is 10.2. The van der Waals surface area contributed by atoms with E-state index in [1.807, 2.05) is 70.8 Å². The molecule has 30 heavy (non-hydrogen) atoms. The van der Waals surface area contributed by atoms with E-state index in [4.69, 9.17) is 9.47 Å². The van der Waals surface area contributed by atoms with Crippen LogP contribution < -0.4 is 9.47 Å². The molecule has 0 aliphatic carbocycles. The number of aryl methyl sites for hydroxylation is 2. The molecule has 0 saturated carbocycles. The van der Waals surface area contributed by atoms with Gasteiger partial charge < -0.3 is 14.0 Å². The lowest BCUT2D eigenvalue weighted by Gasteiger charge is -2.12. The van der Waals surface area contributed by atoms with Gasteiger partial charge in [-0.25, -0.2) is 0 Å². The van der Waals surface area contributed by atoms with Gasteiger partial charge >= 0.3 is 0 Å². The Hall–Kier alpha value is -3.61. The Balaban J connectivity index is 1.65. The van der Waals surface area contributed by atoms with E-state index in [9.17, 15) is 0 Å². The molecule has 0 unspecified atom stereocenters. The smallest absolute Gasteiger partial charge is 0.186 e. The molecule has 7 nitrogen and oxygen atoms in total. The van der Waals surface area contributed by atoms with Crippen molar-refractivity contribution in [3.05, 3.63) is 77.7 Å². The van der Waals surface area contributed by atoms with E-state index in [0.717, 1.165) is 39.8 Å². The molecular weight excluding hydrogens is 378 g/mol. The van der Waals surface area contributed by atoms with Crippen LogP contribution in [0.5, 0.6) is 11.5 Å². The van der Waals surface area contributed by atoms with E-state index in [-0.39, 0.29) is 0 Å². The van der Waals surface area contributed by atoms with Crippen LogP contribution in [0.2, 0.25) is 0 Å². The van der Waals surface area contributed by atoms with Crippen LogP contribution >= 0.6 is 0 Å². The van der Waals surface area contributed by atoms with E-state index in [1.54, 1.807) is 13.4 Å². The summed E-state index contributed by atoms with van der Waals surface area (Å²) in [6.45, 7) is 5.83. The first-order valence-electron chi connectivity index (χ1n) is 9.94. The molecule has 0 saturated heterocycles. The maximum absolute atomic E-state index is 6.21. The number of hydrogen-bond donors (Lipinski definition) is 0. The first-order chi connectivity index (χ1) is 14.7. The monoisotopic (exact) mass is 403 g/mol. The first kappa shape index (κ1) is 19.7. The molecule has 154 valence electrons. The highest BCUT2D eigenvalue weighted by atomic mass is 16.5. The molecule has 0 bridgehead atoms. The van der Waals surface area contributed by atoms with Crippen LogP contribution in [0, 0.1) is 6.92 Å². The first-order valence-corrected chi connectivity index (χ1v) is 9.94. The summed E-state index contributed by atoms with van der Waals surface area (Å²) in [5, 5.41) is 13.2. The molecule has 0 aliphatic rings. The van der Waals surface area contributed by atoms with Crippen LogP contribution in [-0.2, 0) is 19.7 Å². The van der Waals surface area contributed by atoms with Crippen molar-refractivity contribution in [2.24, 2.45) is 0 Å². The van der Waals surface area contributed by atoms with Gasteiger partial charge in [0.25, 0.3) is 0 Å². The standard InChI is InChI=1S/C23H25N5O2/c1-4-28-21(22(17(2)26-28)30-15-19-8-6-5-7-9-19)23-25-24-16-27(23)14-18-10-12-20(29-3)13-11-18/h5-13,16H,4,14-15H2,1-3H3. The molecule has 0 N–H and O–H groups in total.